The SMILES string of the molecule is CCCC(C#N)C(=O)NC1C2(C)CCC(C2)C1(C)C. The molecule has 0 heterocycles. The lowest BCUT2D eigenvalue weighted by atomic mass is 9.68. The first-order chi connectivity index (χ1) is 8.85. The van der Waals surface area contributed by atoms with Crippen molar-refractivity contribution in [3.05, 3.63) is 0 Å². The molecule has 2 saturated carbocycles. The van der Waals surface area contributed by atoms with E-state index in [4.69, 9.17) is 5.26 Å². The first-order valence-electron chi connectivity index (χ1n) is 7.55. The lowest BCUT2D eigenvalue weighted by molar-refractivity contribution is -0.126. The van der Waals surface area contributed by atoms with E-state index in [2.05, 4.69) is 32.2 Å². The second-order valence-corrected chi connectivity index (χ2v) is 7.33. The summed E-state index contributed by atoms with van der Waals surface area (Å²) in [7, 11) is 0. The van der Waals surface area contributed by atoms with Crippen molar-refractivity contribution >= 4 is 5.91 Å². The summed E-state index contributed by atoms with van der Waals surface area (Å²) in [4.78, 5) is 12.3. The third-order valence-electron chi connectivity index (χ3n) is 5.61. The Bertz CT molecular complexity index is 405. The van der Waals surface area contributed by atoms with Gasteiger partial charge in [0, 0.05) is 6.04 Å². The molecule has 4 atom stereocenters. The average molecular weight is 262 g/mol. The smallest absolute Gasteiger partial charge is 0.237 e. The number of nitrogens with zero attached hydrogens (tertiary/aromatic N) is 1. The number of amides is 1. The fraction of sp³-hybridized carbons (Fsp3) is 0.875. The molecule has 0 aromatic rings. The number of hydrogen-bond donors (Lipinski definition) is 1. The Morgan fingerprint density at radius 3 is 2.63 bits per heavy atom. The molecule has 0 spiro atoms. The molecule has 2 bridgehead atoms. The first kappa shape index (κ1) is 14.4. The molecule has 1 amide bonds. The molecule has 19 heavy (non-hydrogen) atoms. The highest BCUT2D eigenvalue weighted by Gasteiger charge is 2.59. The predicted octanol–water partition coefficient (Wildman–Crippen LogP) is 3.26. The van der Waals surface area contributed by atoms with Gasteiger partial charge in [-0.05, 0) is 42.4 Å². The number of hydrogen-bond acceptors (Lipinski definition) is 2. The highest BCUT2D eigenvalue weighted by atomic mass is 16.2. The van der Waals surface area contributed by atoms with Crippen molar-refractivity contribution in [2.45, 2.75) is 65.8 Å². The minimum absolute atomic E-state index is 0.0591. The van der Waals surface area contributed by atoms with Gasteiger partial charge >= 0.3 is 0 Å². The van der Waals surface area contributed by atoms with Gasteiger partial charge in [-0.25, -0.2) is 0 Å². The van der Waals surface area contributed by atoms with Crippen molar-refractivity contribution in [3.63, 3.8) is 0 Å². The Hall–Kier alpha value is -1.04. The minimum atomic E-state index is -0.483. The van der Waals surface area contributed by atoms with Gasteiger partial charge in [-0.3, -0.25) is 4.79 Å². The van der Waals surface area contributed by atoms with Crippen LogP contribution in [0.2, 0.25) is 0 Å². The maximum Gasteiger partial charge on any atom is 0.237 e. The van der Waals surface area contributed by atoms with Crippen molar-refractivity contribution in [1.29, 1.82) is 5.26 Å². The number of fused-ring (bicyclic) bond motifs is 2. The number of nitrogens with one attached hydrogen (secondary N) is 1. The van der Waals surface area contributed by atoms with Crippen LogP contribution in [0.5, 0.6) is 0 Å². The second-order valence-electron chi connectivity index (χ2n) is 7.33. The minimum Gasteiger partial charge on any atom is -0.351 e. The predicted molar refractivity (Wildman–Crippen MR) is 75.2 cm³/mol. The van der Waals surface area contributed by atoms with Crippen molar-refractivity contribution in [3.8, 4) is 6.07 Å². The van der Waals surface area contributed by atoms with Gasteiger partial charge in [0.1, 0.15) is 5.92 Å². The first-order valence-corrected chi connectivity index (χ1v) is 7.55. The Morgan fingerprint density at radius 2 is 2.16 bits per heavy atom. The molecule has 0 aromatic heterocycles. The quantitative estimate of drug-likeness (QED) is 0.845. The molecule has 3 nitrogen and oxygen atoms in total. The highest BCUT2D eigenvalue weighted by molar-refractivity contribution is 5.81. The van der Waals surface area contributed by atoms with Gasteiger partial charge in [-0.1, -0.05) is 34.1 Å². The molecular weight excluding hydrogens is 236 g/mol. The Morgan fingerprint density at radius 1 is 1.47 bits per heavy atom. The van der Waals surface area contributed by atoms with Gasteiger partial charge in [-0.2, -0.15) is 5.26 Å². The molecular formula is C16H26N2O. The Kier molecular flexibility index (Phi) is 3.64. The fourth-order valence-electron chi connectivity index (χ4n) is 4.45. The summed E-state index contributed by atoms with van der Waals surface area (Å²) in [5, 5.41) is 12.3. The standard InChI is InChI=1S/C16H26N2O/c1-5-6-11(10-17)13(19)18-14-15(2,3)12-7-8-16(14,4)9-12/h11-12,14H,5-9H2,1-4H3,(H,18,19). The highest BCUT2D eigenvalue weighted by Crippen LogP contribution is 2.62. The summed E-state index contributed by atoms with van der Waals surface area (Å²) in [6.07, 6.45) is 5.24. The maximum atomic E-state index is 12.3. The molecule has 0 radical (unpaired) electrons. The van der Waals surface area contributed by atoms with E-state index in [0.29, 0.717) is 6.42 Å². The van der Waals surface area contributed by atoms with Crippen LogP contribution in [0.25, 0.3) is 0 Å². The molecule has 2 rings (SSSR count). The van der Waals surface area contributed by atoms with Crippen LogP contribution in [-0.2, 0) is 4.79 Å². The van der Waals surface area contributed by atoms with Gasteiger partial charge in [0.25, 0.3) is 0 Å². The van der Waals surface area contributed by atoms with Crippen molar-refractivity contribution in [2.24, 2.45) is 22.7 Å². The van der Waals surface area contributed by atoms with E-state index >= 15 is 0 Å². The summed E-state index contributed by atoms with van der Waals surface area (Å²) < 4.78 is 0. The van der Waals surface area contributed by atoms with E-state index in [0.717, 1.165) is 12.3 Å². The summed E-state index contributed by atoms with van der Waals surface area (Å²) >= 11 is 0. The Balaban J connectivity index is 2.10. The molecule has 106 valence electrons. The molecule has 4 unspecified atom stereocenters. The summed E-state index contributed by atoms with van der Waals surface area (Å²) in [5.41, 5.74) is 0.394. The lowest BCUT2D eigenvalue weighted by Crippen LogP contribution is -2.53. The van der Waals surface area contributed by atoms with E-state index in [1.165, 1.54) is 19.3 Å². The number of nitriles is 1. The van der Waals surface area contributed by atoms with E-state index in [9.17, 15) is 4.79 Å². The summed E-state index contributed by atoms with van der Waals surface area (Å²) in [5.74, 6) is 0.175. The monoisotopic (exact) mass is 262 g/mol. The Labute approximate surface area is 116 Å². The van der Waals surface area contributed by atoms with E-state index in [1.54, 1.807) is 0 Å². The fourth-order valence-corrected chi connectivity index (χ4v) is 4.45. The van der Waals surface area contributed by atoms with E-state index < -0.39 is 5.92 Å². The molecule has 2 fully saturated rings. The van der Waals surface area contributed by atoms with Crippen LogP contribution in [0.3, 0.4) is 0 Å². The third kappa shape index (κ3) is 2.26. The molecule has 0 aromatic carbocycles. The lowest BCUT2D eigenvalue weighted by Gasteiger charge is -2.43. The maximum absolute atomic E-state index is 12.3. The van der Waals surface area contributed by atoms with Crippen LogP contribution >= 0.6 is 0 Å². The zero-order valence-corrected chi connectivity index (χ0v) is 12.6. The van der Waals surface area contributed by atoms with Gasteiger partial charge in [0.15, 0.2) is 0 Å². The normalized spacial score (nSPS) is 36.8. The second kappa shape index (κ2) is 4.81. The van der Waals surface area contributed by atoms with Crippen molar-refractivity contribution < 1.29 is 4.79 Å². The van der Waals surface area contributed by atoms with E-state index in [-0.39, 0.29) is 22.8 Å². The van der Waals surface area contributed by atoms with Gasteiger partial charge in [0.05, 0.1) is 6.07 Å². The average Bonchev–Trinajstić information content (AvgIpc) is 2.82. The topological polar surface area (TPSA) is 52.9 Å². The molecule has 0 aliphatic heterocycles. The van der Waals surface area contributed by atoms with Gasteiger partial charge < -0.3 is 5.32 Å². The van der Waals surface area contributed by atoms with Gasteiger partial charge in [-0.15, -0.1) is 0 Å². The van der Waals surface area contributed by atoms with Crippen LogP contribution in [0.4, 0.5) is 0 Å². The molecule has 1 N–H and O–H groups in total. The zero-order valence-electron chi connectivity index (χ0n) is 12.6. The zero-order chi connectivity index (χ0) is 14.3. The third-order valence-corrected chi connectivity index (χ3v) is 5.61. The van der Waals surface area contributed by atoms with Crippen LogP contribution in [0, 0.1) is 34.0 Å². The largest absolute Gasteiger partial charge is 0.351 e. The van der Waals surface area contributed by atoms with E-state index in [1.807, 2.05) is 6.92 Å². The number of rotatable bonds is 4. The molecule has 3 heteroatoms. The van der Waals surface area contributed by atoms with Crippen molar-refractivity contribution in [1.82, 2.24) is 5.32 Å². The van der Waals surface area contributed by atoms with Crippen LogP contribution < -0.4 is 5.32 Å². The summed E-state index contributed by atoms with van der Waals surface area (Å²) in [6, 6.07) is 2.37. The number of carbonyl (C=O) groups excluding carboxylic acids is 1. The number of carbonyl (C=O) groups is 1. The molecule has 0 saturated heterocycles. The molecule has 2 aliphatic rings. The summed E-state index contributed by atoms with van der Waals surface area (Å²) in [6.45, 7) is 8.86. The van der Waals surface area contributed by atoms with Crippen LogP contribution in [0.1, 0.15) is 59.8 Å². The van der Waals surface area contributed by atoms with Crippen LogP contribution in [0.15, 0.2) is 0 Å². The van der Waals surface area contributed by atoms with Crippen molar-refractivity contribution in [2.75, 3.05) is 0 Å². The van der Waals surface area contributed by atoms with Gasteiger partial charge in [0.2, 0.25) is 5.91 Å². The molecule has 2 aliphatic carbocycles. The van der Waals surface area contributed by atoms with Crippen LogP contribution in [-0.4, -0.2) is 11.9 Å².